The first-order valence-corrected chi connectivity index (χ1v) is 7.85. The molecular formula is C15H13F3N2O4S. The molecule has 1 heterocycles. The van der Waals surface area contributed by atoms with Crippen LogP contribution < -0.4 is 5.32 Å². The summed E-state index contributed by atoms with van der Waals surface area (Å²) in [6, 6.07) is 3.30. The van der Waals surface area contributed by atoms with Gasteiger partial charge in [0.2, 0.25) is 0 Å². The summed E-state index contributed by atoms with van der Waals surface area (Å²) in [6.45, 7) is 1.18. The number of benzene rings is 1. The second-order valence-corrected chi connectivity index (χ2v) is 6.24. The fourth-order valence-corrected chi connectivity index (χ4v) is 2.85. The van der Waals surface area contributed by atoms with Gasteiger partial charge in [0.25, 0.3) is 11.6 Å². The maximum atomic E-state index is 12.7. The number of carbonyl (C=O) groups excluding carboxylic acids is 1. The molecule has 0 aliphatic carbocycles. The van der Waals surface area contributed by atoms with Crippen molar-refractivity contribution in [2.75, 3.05) is 6.54 Å². The normalized spacial score (nSPS) is 14.0. The Morgan fingerprint density at radius 2 is 2.00 bits per heavy atom. The Bertz CT molecular complexity index is 789. The number of aliphatic hydroxyl groups is 1. The van der Waals surface area contributed by atoms with Crippen molar-refractivity contribution in [1.82, 2.24) is 5.32 Å². The minimum absolute atomic E-state index is 0.263. The lowest BCUT2D eigenvalue weighted by molar-refractivity contribution is -0.385. The third-order valence-electron chi connectivity index (χ3n) is 3.50. The molecule has 0 aliphatic heterocycles. The molecular weight excluding hydrogens is 361 g/mol. The van der Waals surface area contributed by atoms with Crippen LogP contribution in [0, 0.1) is 10.1 Å². The van der Waals surface area contributed by atoms with Crippen LogP contribution in [0.15, 0.2) is 35.0 Å². The van der Waals surface area contributed by atoms with E-state index < -0.39 is 39.4 Å². The Kier molecular flexibility index (Phi) is 5.14. The first-order chi connectivity index (χ1) is 11.5. The summed E-state index contributed by atoms with van der Waals surface area (Å²) in [7, 11) is 0. The zero-order valence-electron chi connectivity index (χ0n) is 12.8. The topological polar surface area (TPSA) is 92.5 Å². The van der Waals surface area contributed by atoms with Gasteiger partial charge in [0, 0.05) is 6.07 Å². The standard InChI is InChI=1S/C15H13F3N2O4S/c1-14(22,10-4-5-25-7-10)8-19-13(21)11-3-2-9(15(16,17)18)6-12(11)20(23)24/h2-7,22H,8H2,1H3,(H,19,21). The molecule has 1 amide bonds. The number of nitrogens with one attached hydrogen (secondary N) is 1. The molecule has 25 heavy (non-hydrogen) atoms. The van der Waals surface area contributed by atoms with Crippen LogP contribution in [0.2, 0.25) is 0 Å². The van der Waals surface area contributed by atoms with Crippen molar-refractivity contribution >= 4 is 22.9 Å². The molecule has 2 rings (SSSR count). The van der Waals surface area contributed by atoms with Crippen LogP contribution in [-0.4, -0.2) is 22.5 Å². The number of nitro benzene ring substituents is 1. The number of rotatable bonds is 5. The highest BCUT2D eigenvalue weighted by Gasteiger charge is 2.34. The van der Waals surface area contributed by atoms with Crippen molar-refractivity contribution in [2.45, 2.75) is 18.7 Å². The number of hydrogen-bond donors (Lipinski definition) is 2. The Morgan fingerprint density at radius 3 is 2.52 bits per heavy atom. The van der Waals surface area contributed by atoms with Crippen molar-refractivity contribution < 1.29 is 28.0 Å². The third-order valence-corrected chi connectivity index (χ3v) is 4.19. The second-order valence-electron chi connectivity index (χ2n) is 5.46. The van der Waals surface area contributed by atoms with E-state index in [0.717, 1.165) is 6.07 Å². The molecule has 6 nitrogen and oxygen atoms in total. The number of nitrogens with zero attached hydrogens (tertiary/aromatic N) is 1. The smallest absolute Gasteiger partial charge is 0.384 e. The van der Waals surface area contributed by atoms with Gasteiger partial charge in [0.15, 0.2) is 0 Å². The number of halogens is 3. The Labute approximate surface area is 144 Å². The summed E-state index contributed by atoms with van der Waals surface area (Å²) in [5.41, 5.74) is -3.57. The van der Waals surface area contributed by atoms with E-state index in [1.165, 1.54) is 18.3 Å². The monoisotopic (exact) mass is 374 g/mol. The van der Waals surface area contributed by atoms with Crippen LogP contribution in [0.25, 0.3) is 0 Å². The Balaban J connectivity index is 2.23. The zero-order chi connectivity index (χ0) is 18.8. The average Bonchev–Trinajstić information content (AvgIpc) is 3.06. The highest BCUT2D eigenvalue weighted by molar-refractivity contribution is 7.08. The molecule has 0 bridgehead atoms. The molecule has 0 fully saturated rings. The van der Waals surface area contributed by atoms with Gasteiger partial charge in [0.1, 0.15) is 11.2 Å². The van der Waals surface area contributed by atoms with Crippen molar-refractivity contribution in [1.29, 1.82) is 0 Å². The van der Waals surface area contributed by atoms with Gasteiger partial charge in [-0.15, -0.1) is 0 Å². The predicted octanol–water partition coefficient (Wildman–Crippen LogP) is 3.31. The van der Waals surface area contributed by atoms with Gasteiger partial charge in [-0.05, 0) is 41.4 Å². The fraction of sp³-hybridized carbons (Fsp3) is 0.267. The molecule has 1 aromatic heterocycles. The van der Waals surface area contributed by atoms with Gasteiger partial charge >= 0.3 is 6.18 Å². The van der Waals surface area contributed by atoms with Gasteiger partial charge in [0.05, 0.1) is 17.0 Å². The fourth-order valence-electron chi connectivity index (χ4n) is 2.07. The molecule has 10 heteroatoms. The first kappa shape index (κ1) is 18.9. The van der Waals surface area contributed by atoms with Crippen LogP contribution in [0.4, 0.5) is 18.9 Å². The molecule has 2 aromatic rings. The van der Waals surface area contributed by atoms with E-state index in [1.54, 1.807) is 16.8 Å². The maximum Gasteiger partial charge on any atom is 0.416 e. The quantitative estimate of drug-likeness (QED) is 0.620. The third kappa shape index (κ3) is 4.34. The molecule has 0 saturated heterocycles. The van der Waals surface area contributed by atoms with Gasteiger partial charge in [-0.2, -0.15) is 24.5 Å². The molecule has 2 N–H and O–H groups in total. The van der Waals surface area contributed by atoms with Gasteiger partial charge in [-0.3, -0.25) is 14.9 Å². The minimum atomic E-state index is -4.76. The summed E-state index contributed by atoms with van der Waals surface area (Å²) < 4.78 is 38.0. The summed E-state index contributed by atoms with van der Waals surface area (Å²) in [4.78, 5) is 22.1. The molecule has 0 spiro atoms. The molecule has 0 saturated carbocycles. The minimum Gasteiger partial charge on any atom is -0.384 e. The van der Waals surface area contributed by atoms with E-state index in [2.05, 4.69) is 5.32 Å². The van der Waals surface area contributed by atoms with E-state index in [-0.39, 0.29) is 6.54 Å². The summed E-state index contributed by atoms with van der Waals surface area (Å²) in [6.07, 6.45) is -4.76. The van der Waals surface area contributed by atoms with Gasteiger partial charge < -0.3 is 10.4 Å². The first-order valence-electron chi connectivity index (χ1n) is 6.91. The SMILES string of the molecule is CC(O)(CNC(=O)c1ccc(C(F)(F)F)cc1[N+](=O)[O-])c1ccsc1. The summed E-state index contributed by atoms with van der Waals surface area (Å²) >= 11 is 1.34. The van der Waals surface area contributed by atoms with Crippen LogP contribution >= 0.6 is 11.3 Å². The molecule has 1 atom stereocenters. The van der Waals surface area contributed by atoms with Crippen molar-refractivity contribution in [3.8, 4) is 0 Å². The lowest BCUT2D eigenvalue weighted by Crippen LogP contribution is -2.38. The number of amides is 1. The lowest BCUT2D eigenvalue weighted by Gasteiger charge is -2.22. The maximum absolute atomic E-state index is 12.7. The number of hydrogen-bond acceptors (Lipinski definition) is 5. The number of thiophene rings is 1. The van der Waals surface area contributed by atoms with E-state index in [1.807, 2.05) is 0 Å². The largest absolute Gasteiger partial charge is 0.416 e. The van der Waals surface area contributed by atoms with Crippen molar-refractivity contribution in [3.05, 3.63) is 61.8 Å². The van der Waals surface area contributed by atoms with E-state index >= 15 is 0 Å². The Morgan fingerprint density at radius 1 is 1.32 bits per heavy atom. The van der Waals surface area contributed by atoms with Crippen LogP contribution in [0.5, 0.6) is 0 Å². The van der Waals surface area contributed by atoms with Crippen molar-refractivity contribution in [3.63, 3.8) is 0 Å². The number of alkyl halides is 3. The van der Waals surface area contributed by atoms with Crippen LogP contribution in [0.3, 0.4) is 0 Å². The molecule has 0 aliphatic rings. The average molecular weight is 374 g/mol. The number of nitro groups is 1. The molecule has 0 radical (unpaired) electrons. The summed E-state index contributed by atoms with van der Waals surface area (Å²) in [5.74, 6) is -0.948. The highest BCUT2D eigenvalue weighted by Crippen LogP contribution is 2.33. The highest BCUT2D eigenvalue weighted by atomic mass is 32.1. The summed E-state index contributed by atoms with van der Waals surface area (Å²) in [5, 5.41) is 27.0. The molecule has 1 aromatic carbocycles. The second kappa shape index (κ2) is 6.81. The zero-order valence-corrected chi connectivity index (χ0v) is 13.6. The molecule has 134 valence electrons. The Hall–Kier alpha value is -2.46. The number of carbonyl (C=O) groups is 1. The van der Waals surface area contributed by atoms with E-state index in [4.69, 9.17) is 0 Å². The van der Waals surface area contributed by atoms with E-state index in [9.17, 15) is 33.2 Å². The van der Waals surface area contributed by atoms with E-state index in [0.29, 0.717) is 17.7 Å². The van der Waals surface area contributed by atoms with Crippen LogP contribution in [0.1, 0.15) is 28.4 Å². The van der Waals surface area contributed by atoms with Gasteiger partial charge in [-0.1, -0.05) is 0 Å². The van der Waals surface area contributed by atoms with Crippen molar-refractivity contribution in [2.24, 2.45) is 0 Å². The predicted molar refractivity (Wildman–Crippen MR) is 84.3 cm³/mol. The van der Waals surface area contributed by atoms with Gasteiger partial charge in [-0.25, -0.2) is 0 Å². The lowest BCUT2D eigenvalue weighted by atomic mass is 9.99. The van der Waals surface area contributed by atoms with Crippen LogP contribution in [-0.2, 0) is 11.8 Å². The molecule has 1 unspecified atom stereocenters.